The predicted molar refractivity (Wildman–Crippen MR) is 75.7 cm³/mol. The topological polar surface area (TPSA) is 34.1 Å². The van der Waals surface area contributed by atoms with E-state index in [2.05, 4.69) is 19.6 Å². The molecule has 96 valence electrons. The van der Waals surface area contributed by atoms with Crippen LogP contribution in [0.4, 0.5) is 0 Å². The predicted octanol–water partition coefficient (Wildman–Crippen LogP) is 3.29. The van der Waals surface area contributed by atoms with Gasteiger partial charge in [-0.3, -0.25) is 0 Å². The van der Waals surface area contributed by atoms with Gasteiger partial charge in [0.1, 0.15) is 0 Å². The van der Waals surface area contributed by atoms with Gasteiger partial charge in [-0.25, -0.2) is 8.42 Å². The molecule has 0 N–H and O–H groups in total. The number of benzene rings is 1. The van der Waals surface area contributed by atoms with E-state index in [1.54, 1.807) is 12.1 Å². The van der Waals surface area contributed by atoms with Crippen LogP contribution in [0.3, 0.4) is 0 Å². The highest BCUT2D eigenvalue weighted by Crippen LogP contribution is 2.21. The smallest absolute Gasteiger partial charge is 0.178 e. The zero-order valence-corrected chi connectivity index (χ0v) is 12.1. The molecule has 4 heteroatoms. The van der Waals surface area contributed by atoms with Gasteiger partial charge in [-0.1, -0.05) is 26.0 Å². The first-order valence-corrected chi connectivity index (χ1v) is 8.23. The summed E-state index contributed by atoms with van der Waals surface area (Å²) in [5.41, 5.74) is 1.18. The molecule has 0 aliphatic heterocycles. The second-order valence-electron chi connectivity index (χ2n) is 4.30. The van der Waals surface area contributed by atoms with Crippen LogP contribution < -0.4 is 0 Å². The van der Waals surface area contributed by atoms with Crippen molar-refractivity contribution in [2.24, 2.45) is 0 Å². The molecule has 0 bridgehead atoms. The Balaban J connectivity index is 2.88. The summed E-state index contributed by atoms with van der Waals surface area (Å²) in [7, 11) is -3.08. The van der Waals surface area contributed by atoms with Gasteiger partial charge in [0, 0.05) is 0 Å². The minimum Gasteiger partial charge on any atom is -0.224 e. The van der Waals surface area contributed by atoms with Crippen molar-refractivity contribution < 1.29 is 8.42 Å². The highest BCUT2D eigenvalue weighted by atomic mass is 32.2. The number of rotatable bonds is 6. The Morgan fingerprint density at radius 2 is 1.82 bits per heavy atom. The van der Waals surface area contributed by atoms with Gasteiger partial charge < -0.3 is 0 Å². The molecular weight excluding hydrogens is 252 g/mol. The summed E-state index contributed by atoms with van der Waals surface area (Å²) < 4.78 is 23.7. The van der Waals surface area contributed by atoms with E-state index in [0.717, 1.165) is 12.2 Å². The first-order chi connectivity index (χ1) is 8.01. The molecule has 1 unspecified atom stereocenters. The lowest BCUT2D eigenvalue weighted by molar-refractivity contribution is 0.594. The second kappa shape index (κ2) is 6.45. The fourth-order valence-corrected chi connectivity index (χ4v) is 3.46. The van der Waals surface area contributed by atoms with Crippen molar-refractivity contribution in [2.45, 2.75) is 37.5 Å². The average molecular weight is 272 g/mol. The Morgan fingerprint density at radius 1 is 1.24 bits per heavy atom. The van der Waals surface area contributed by atoms with E-state index < -0.39 is 9.84 Å². The van der Waals surface area contributed by atoms with Crippen molar-refractivity contribution in [1.82, 2.24) is 0 Å². The molecule has 0 fully saturated rings. The third-order valence-electron chi connectivity index (χ3n) is 2.84. The summed E-state index contributed by atoms with van der Waals surface area (Å²) in [6, 6.07) is 7.26. The third kappa shape index (κ3) is 4.03. The standard InChI is InChI=1S/C13H20O2S2/c1-3-10-17(14,15)13-6-4-12(5-7-13)11(2)8-9-16/h4-7,11,16H,3,8-10H2,1-2H3. The molecule has 0 amide bonds. The third-order valence-corrected chi connectivity index (χ3v) is 5.04. The van der Waals surface area contributed by atoms with Crippen molar-refractivity contribution in [1.29, 1.82) is 0 Å². The number of hydrogen-bond acceptors (Lipinski definition) is 3. The molecule has 0 spiro atoms. The maximum Gasteiger partial charge on any atom is 0.178 e. The number of hydrogen-bond donors (Lipinski definition) is 1. The highest BCUT2D eigenvalue weighted by Gasteiger charge is 2.13. The molecule has 0 aliphatic rings. The van der Waals surface area contributed by atoms with Crippen LogP contribution >= 0.6 is 12.6 Å². The van der Waals surface area contributed by atoms with Gasteiger partial charge in [-0.05, 0) is 42.2 Å². The monoisotopic (exact) mass is 272 g/mol. The lowest BCUT2D eigenvalue weighted by atomic mass is 9.99. The van der Waals surface area contributed by atoms with Gasteiger partial charge in [0.05, 0.1) is 10.6 Å². The number of thiol groups is 1. The number of sulfone groups is 1. The van der Waals surface area contributed by atoms with Crippen LogP contribution in [0.25, 0.3) is 0 Å². The minimum atomic E-state index is -3.08. The molecule has 1 atom stereocenters. The maximum absolute atomic E-state index is 11.8. The van der Waals surface area contributed by atoms with Gasteiger partial charge in [0.2, 0.25) is 0 Å². The van der Waals surface area contributed by atoms with E-state index in [1.165, 1.54) is 5.56 Å². The normalized spacial score (nSPS) is 13.6. The lowest BCUT2D eigenvalue weighted by Gasteiger charge is -2.11. The summed E-state index contributed by atoms with van der Waals surface area (Å²) >= 11 is 4.21. The molecule has 1 aromatic rings. The van der Waals surface area contributed by atoms with E-state index in [4.69, 9.17) is 0 Å². The molecule has 0 saturated heterocycles. The van der Waals surface area contributed by atoms with Crippen molar-refractivity contribution in [3.05, 3.63) is 29.8 Å². The summed E-state index contributed by atoms with van der Waals surface area (Å²) in [4.78, 5) is 0.432. The molecule has 0 saturated carbocycles. The van der Waals surface area contributed by atoms with Crippen LogP contribution in [0.1, 0.15) is 38.2 Å². The fraction of sp³-hybridized carbons (Fsp3) is 0.538. The highest BCUT2D eigenvalue weighted by molar-refractivity contribution is 7.91. The van der Waals surface area contributed by atoms with Gasteiger partial charge in [0.15, 0.2) is 9.84 Å². The molecule has 2 nitrogen and oxygen atoms in total. The van der Waals surface area contributed by atoms with E-state index in [0.29, 0.717) is 17.2 Å². The Labute approximate surface area is 110 Å². The largest absolute Gasteiger partial charge is 0.224 e. The van der Waals surface area contributed by atoms with Crippen LogP contribution in [-0.4, -0.2) is 19.9 Å². The SMILES string of the molecule is CCCS(=O)(=O)c1ccc(C(C)CCS)cc1. The van der Waals surface area contributed by atoms with Crippen molar-refractivity contribution in [2.75, 3.05) is 11.5 Å². The van der Waals surface area contributed by atoms with E-state index in [1.807, 2.05) is 19.1 Å². The first-order valence-electron chi connectivity index (χ1n) is 5.95. The lowest BCUT2D eigenvalue weighted by Crippen LogP contribution is -2.06. The Bertz CT molecular complexity index is 435. The summed E-state index contributed by atoms with van der Waals surface area (Å²) in [5.74, 6) is 1.49. The van der Waals surface area contributed by atoms with E-state index in [-0.39, 0.29) is 5.75 Å². The van der Waals surface area contributed by atoms with Crippen molar-refractivity contribution >= 4 is 22.5 Å². The average Bonchev–Trinajstić information content (AvgIpc) is 2.29. The maximum atomic E-state index is 11.8. The molecule has 1 aromatic carbocycles. The molecule has 0 radical (unpaired) electrons. The van der Waals surface area contributed by atoms with Crippen LogP contribution in [0.2, 0.25) is 0 Å². The molecular formula is C13H20O2S2. The van der Waals surface area contributed by atoms with Gasteiger partial charge in [-0.15, -0.1) is 0 Å². The summed E-state index contributed by atoms with van der Waals surface area (Å²) in [5, 5.41) is 0. The zero-order chi connectivity index (χ0) is 12.9. The van der Waals surface area contributed by atoms with Crippen molar-refractivity contribution in [3.8, 4) is 0 Å². The molecule has 17 heavy (non-hydrogen) atoms. The van der Waals surface area contributed by atoms with Crippen LogP contribution in [0.5, 0.6) is 0 Å². The van der Waals surface area contributed by atoms with E-state index >= 15 is 0 Å². The Morgan fingerprint density at radius 3 is 2.29 bits per heavy atom. The molecule has 0 heterocycles. The summed E-state index contributed by atoms with van der Waals surface area (Å²) in [6.45, 7) is 4.01. The fourth-order valence-electron chi connectivity index (χ4n) is 1.75. The van der Waals surface area contributed by atoms with Crippen LogP contribution in [-0.2, 0) is 9.84 Å². The second-order valence-corrected chi connectivity index (χ2v) is 6.86. The van der Waals surface area contributed by atoms with Gasteiger partial charge in [0.25, 0.3) is 0 Å². The van der Waals surface area contributed by atoms with Crippen molar-refractivity contribution in [3.63, 3.8) is 0 Å². The van der Waals surface area contributed by atoms with E-state index in [9.17, 15) is 8.42 Å². The first kappa shape index (κ1) is 14.6. The van der Waals surface area contributed by atoms with Crippen LogP contribution in [0, 0.1) is 0 Å². The molecule has 0 aliphatic carbocycles. The molecule has 1 rings (SSSR count). The minimum absolute atomic E-state index is 0.221. The molecule has 0 aromatic heterocycles. The Hall–Kier alpha value is -0.480. The quantitative estimate of drug-likeness (QED) is 0.806. The summed E-state index contributed by atoms with van der Waals surface area (Å²) in [6.07, 6.45) is 1.66. The Kier molecular flexibility index (Phi) is 5.53. The zero-order valence-electron chi connectivity index (χ0n) is 10.4. The van der Waals surface area contributed by atoms with Gasteiger partial charge >= 0.3 is 0 Å². The van der Waals surface area contributed by atoms with Gasteiger partial charge in [-0.2, -0.15) is 12.6 Å². The van der Waals surface area contributed by atoms with Crippen LogP contribution in [0.15, 0.2) is 29.2 Å².